The molecule has 2 aromatic carbocycles. The normalized spacial score (nSPS) is 22.5. The lowest BCUT2D eigenvalue weighted by Crippen LogP contribution is -2.71. The van der Waals surface area contributed by atoms with Crippen molar-refractivity contribution in [3.8, 4) is 11.5 Å². The van der Waals surface area contributed by atoms with Crippen LogP contribution < -0.4 is 14.4 Å². The van der Waals surface area contributed by atoms with Gasteiger partial charge in [-0.2, -0.15) is 0 Å². The van der Waals surface area contributed by atoms with Gasteiger partial charge in [0.15, 0.2) is 0 Å². The van der Waals surface area contributed by atoms with Gasteiger partial charge in [0.25, 0.3) is 5.91 Å². The molecule has 1 saturated heterocycles. The summed E-state index contributed by atoms with van der Waals surface area (Å²) >= 11 is 0. The Morgan fingerprint density at radius 3 is 2.48 bits per heavy atom. The van der Waals surface area contributed by atoms with Gasteiger partial charge >= 0.3 is 0 Å². The molecule has 29 heavy (non-hydrogen) atoms. The first-order valence-corrected chi connectivity index (χ1v) is 10.2. The third-order valence-electron chi connectivity index (χ3n) is 5.70. The molecule has 1 amide bonds. The highest BCUT2D eigenvalue weighted by Gasteiger charge is 2.53. The highest BCUT2D eigenvalue weighted by Crippen LogP contribution is 2.36. The summed E-state index contributed by atoms with van der Waals surface area (Å²) in [4.78, 5) is 14.6. The average Bonchev–Trinajstić information content (AvgIpc) is 2.77. The third-order valence-corrected chi connectivity index (χ3v) is 5.70. The minimum atomic E-state index is -0.696. The number of methoxy groups -OCH3 is 1. The lowest BCUT2D eigenvalue weighted by atomic mass is 9.85. The van der Waals surface area contributed by atoms with E-state index in [9.17, 15) is 9.90 Å². The molecule has 0 saturated carbocycles. The molecule has 1 aliphatic heterocycles. The van der Waals surface area contributed by atoms with Crippen LogP contribution in [0.5, 0.6) is 11.5 Å². The van der Waals surface area contributed by atoms with Gasteiger partial charge in [0, 0.05) is 5.69 Å². The molecular weight excluding hydrogens is 366 g/mol. The molecule has 3 atom stereocenters. The zero-order valence-corrected chi connectivity index (χ0v) is 16.7. The monoisotopic (exact) mass is 393 g/mol. The van der Waals surface area contributed by atoms with Crippen molar-refractivity contribution in [1.29, 1.82) is 0 Å². The molecule has 1 N–H and O–H groups in total. The van der Waals surface area contributed by atoms with Gasteiger partial charge in [0.2, 0.25) is 6.10 Å². The zero-order chi connectivity index (χ0) is 20.2. The van der Waals surface area contributed by atoms with Gasteiger partial charge in [-0.05, 0) is 68.5 Å². The van der Waals surface area contributed by atoms with Crippen LogP contribution in [0.1, 0.15) is 32.1 Å². The molecular formula is C24H27NO4. The first-order chi connectivity index (χ1) is 14.2. The van der Waals surface area contributed by atoms with Crippen molar-refractivity contribution in [2.75, 3.05) is 12.0 Å². The van der Waals surface area contributed by atoms with Crippen LogP contribution in [0, 0.1) is 0 Å². The molecule has 5 heteroatoms. The Hall–Kier alpha value is -2.79. The second kappa shape index (κ2) is 8.70. The van der Waals surface area contributed by atoms with Crippen LogP contribution in [-0.2, 0) is 4.79 Å². The standard InChI is InChI=1S/C24H27NO4/c1-28-19-14-12-18(13-15-19)25-22(21(26)16-17-8-4-2-5-9-17)23(24(25)27)29-20-10-6-3-7-11-20/h3,6-8,10-15,21-23,26H,2,4-5,9,16H2,1H3/t21-,22+,23-/m1/s1. The van der Waals surface area contributed by atoms with Crippen molar-refractivity contribution in [3.63, 3.8) is 0 Å². The summed E-state index contributed by atoms with van der Waals surface area (Å²) < 4.78 is 11.2. The number of amides is 1. The smallest absolute Gasteiger partial charge is 0.270 e. The van der Waals surface area contributed by atoms with Crippen molar-refractivity contribution >= 4 is 11.6 Å². The van der Waals surface area contributed by atoms with E-state index < -0.39 is 18.2 Å². The summed E-state index contributed by atoms with van der Waals surface area (Å²) in [5.74, 6) is 1.22. The molecule has 1 aliphatic carbocycles. The average molecular weight is 393 g/mol. The first-order valence-electron chi connectivity index (χ1n) is 10.2. The van der Waals surface area contributed by atoms with Crippen LogP contribution in [0.15, 0.2) is 66.2 Å². The fourth-order valence-corrected chi connectivity index (χ4v) is 4.14. The third kappa shape index (κ3) is 4.15. The Labute approximate surface area is 171 Å². The molecule has 4 rings (SSSR count). The topological polar surface area (TPSA) is 59.0 Å². The predicted octanol–water partition coefficient (Wildman–Crippen LogP) is 4.11. The van der Waals surface area contributed by atoms with E-state index in [-0.39, 0.29) is 5.91 Å². The SMILES string of the molecule is COc1ccc(N2C(=O)[C@H](Oc3ccccc3)[C@@H]2[C@H](O)CC2=CCCCC2)cc1. The van der Waals surface area contributed by atoms with E-state index in [2.05, 4.69) is 6.08 Å². The number of benzene rings is 2. The van der Waals surface area contributed by atoms with E-state index in [0.717, 1.165) is 30.7 Å². The molecule has 2 aromatic rings. The molecule has 0 aromatic heterocycles. The fraction of sp³-hybridized carbons (Fsp3) is 0.375. The molecule has 0 bridgehead atoms. The summed E-state index contributed by atoms with van der Waals surface area (Å²) in [7, 11) is 1.61. The van der Waals surface area contributed by atoms with E-state index in [1.807, 2.05) is 54.6 Å². The van der Waals surface area contributed by atoms with E-state index in [1.165, 1.54) is 12.0 Å². The largest absolute Gasteiger partial charge is 0.497 e. The molecule has 1 fully saturated rings. The van der Waals surface area contributed by atoms with Crippen LogP contribution in [0.25, 0.3) is 0 Å². The Morgan fingerprint density at radius 2 is 1.83 bits per heavy atom. The zero-order valence-electron chi connectivity index (χ0n) is 16.7. The number of rotatable bonds is 7. The van der Waals surface area contributed by atoms with Crippen molar-refractivity contribution in [3.05, 3.63) is 66.2 Å². The van der Waals surface area contributed by atoms with Gasteiger partial charge in [-0.25, -0.2) is 0 Å². The Bertz CT molecular complexity index is 862. The number of para-hydroxylation sites is 1. The predicted molar refractivity (Wildman–Crippen MR) is 112 cm³/mol. The number of allylic oxidation sites excluding steroid dienone is 1. The van der Waals surface area contributed by atoms with Gasteiger partial charge in [-0.1, -0.05) is 29.8 Å². The van der Waals surface area contributed by atoms with Gasteiger partial charge in [0.1, 0.15) is 17.5 Å². The minimum Gasteiger partial charge on any atom is -0.497 e. The molecule has 0 radical (unpaired) electrons. The summed E-state index contributed by atoms with van der Waals surface area (Å²) in [6.07, 6.45) is 5.87. The number of aliphatic hydroxyl groups is 1. The number of carbonyl (C=O) groups is 1. The summed E-state index contributed by atoms with van der Waals surface area (Å²) in [6.45, 7) is 0. The number of aliphatic hydroxyl groups excluding tert-OH is 1. The maximum atomic E-state index is 13.0. The van der Waals surface area contributed by atoms with Crippen LogP contribution in [0.2, 0.25) is 0 Å². The Kier molecular flexibility index (Phi) is 5.86. The highest BCUT2D eigenvalue weighted by molar-refractivity contribution is 6.05. The first kappa shape index (κ1) is 19.5. The van der Waals surface area contributed by atoms with E-state index in [1.54, 1.807) is 12.0 Å². The second-order valence-electron chi connectivity index (χ2n) is 7.63. The molecule has 2 aliphatic rings. The summed E-state index contributed by atoms with van der Waals surface area (Å²) in [6, 6.07) is 16.2. The lowest BCUT2D eigenvalue weighted by Gasteiger charge is -2.48. The minimum absolute atomic E-state index is 0.138. The van der Waals surface area contributed by atoms with Crippen LogP contribution in [0.3, 0.4) is 0 Å². The van der Waals surface area contributed by atoms with Crippen molar-refractivity contribution in [2.45, 2.75) is 50.4 Å². The molecule has 152 valence electrons. The number of hydrogen-bond acceptors (Lipinski definition) is 4. The van der Waals surface area contributed by atoms with Gasteiger partial charge in [0.05, 0.1) is 13.2 Å². The van der Waals surface area contributed by atoms with Crippen molar-refractivity contribution in [2.24, 2.45) is 0 Å². The summed E-state index contributed by atoms with van der Waals surface area (Å²) in [5, 5.41) is 11.1. The fourth-order valence-electron chi connectivity index (χ4n) is 4.14. The maximum absolute atomic E-state index is 13.0. The van der Waals surface area contributed by atoms with Gasteiger partial charge < -0.3 is 14.6 Å². The van der Waals surface area contributed by atoms with E-state index >= 15 is 0 Å². The summed E-state index contributed by atoms with van der Waals surface area (Å²) in [5.41, 5.74) is 2.02. The Balaban J connectivity index is 1.57. The quantitative estimate of drug-likeness (QED) is 0.568. The second-order valence-corrected chi connectivity index (χ2v) is 7.63. The van der Waals surface area contributed by atoms with Gasteiger partial charge in [-0.15, -0.1) is 0 Å². The van der Waals surface area contributed by atoms with Gasteiger partial charge in [-0.3, -0.25) is 9.69 Å². The molecule has 0 spiro atoms. The number of carbonyl (C=O) groups excluding carboxylic acids is 1. The van der Waals surface area contributed by atoms with Crippen molar-refractivity contribution < 1.29 is 19.4 Å². The lowest BCUT2D eigenvalue weighted by molar-refractivity contribution is -0.138. The molecule has 5 nitrogen and oxygen atoms in total. The van der Waals surface area contributed by atoms with Crippen molar-refractivity contribution in [1.82, 2.24) is 0 Å². The maximum Gasteiger partial charge on any atom is 0.270 e. The van der Waals surface area contributed by atoms with E-state index in [0.29, 0.717) is 12.2 Å². The number of ether oxygens (including phenoxy) is 2. The molecule has 0 unspecified atom stereocenters. The number of anilines is 1. The highest BCUT2D eigenvalue weighted by atomic mass is 16.5. The number of β-lactam (4-membered cyclic amide) rings is 1. The number of hydrogen-bond donors (Lipinski definition) is 1. The van der Waals surface area contributed by atoms with E-state index in [4.69, 9.17) is 9.47 Å². The van der Waals surface area contributed by atoms with Crippen LogP contribution in [0.4, 0.5) is 5.69 Å². The Morgan fingerprint density at radius 1 is 1.07 bits per heavy atom. The van der Waals surface area contributed by atoms with Crippen LogP contribution >= 0.6 is 0 Å². The number of nitrogens with zero attached hydrogens (tertiary/aromatic N) is 1. The van der Waals surface area contributed by atoms with Crippen LogP contribution in [-0.4, -0.2) is 36.4 Å². The molecule has 1 heterocycles.